The van der Waals surface area contributed by atoms with Crippen LogP contribution in [0.15, 0.2) is 0 Å². The lowest BCUT2D eigenvalue weighted by Crippen LogP contribution is -2.41. The summed E-state index contributed by atoms with van der Waals surface area (Å²) in [6, 6.07) is 0. The minimum Gasteiger partial charge on any atom is -0.458 e. The van der Waals surface area contributed by atoms with Crippen molar-refractivity contribution in [1.82, 2.24) is 0 Å². The summed E-state index contributed by atoms with van der Waals surface area (Å²) in [6.07, 6.45) is -0.914. The third kappa shape index (κ3) is 1.70. The van der Waals surface area contributed by atoms with Gasteiger partial charge in [0.15, 0.2) is 6.10 Å². The molecule has 2 N–H and O–H groups in total. The molecule has 64 valence electrons. The molecule has 4 heteroatoms. The Kier molecular flexibility index (Phi) is 2.46. The molecule has 3 unspecified atom stereocenters. The highest BCUT2D eigenvalue weighted by molar-refractivity contribution is 5.75. The van der Waals surface area contributed by atoms with Gasteiger partial charge in [-0.25, -0.2) is 4.79 Å². The maximum absolute atomic E-state index is 10.8. The van der Waals surface area contributed by atoms with Crippen LogP contribution in [0.1, 0.15) is 13.3 Å². The van der Waals surface area contributed by atoms with Crippen molar-refractivity contribution in [3.05, 3.63) is 0 Å². The first-order valence-electron chi connectivity index (χ1n) is 3.64. The second-order valence-electron chi connectivity index (χ2n) is 2.90. The average Bonchev–Trinajstić information content (AvgIpc) is 1.99. The highest BCUT2D eigenvalue weighted by Crippen LogP contribution is 2.20. The van der Waals surface area contributed by atoms with Crippen molar-refractivity contribution in [3.8, 4) is 0 Å². The number of carbonyl (C=O) groups excluding carboxylic acids is 1. The summed E-state index contributed by atoms with van der Waals surface area (Å²) >= 11 is 0. The number of aliphatic hydroxyl groups excluding tert-OH is 2. The Morgan fingerprint density at radius 2 is 2.36 bits per heavy atom. The van der Waals surface area contributed by atoms with Crippen molar-refractivity contribution in [2.75, 3.05) is 6.61 Å². The quantitative estimate of drug-likeness (QED) is 0.497. The number of hydrogen-bond donors (Lipinski definition) is 2. The maximum Gasteiger partial charge on any atom is 0.335 e. The molecule has 1 heterocycles. The summed E-state index contributed by atoms with van der Waals surface area (Å²) in [5, 5.41) is 17.8. The van der Waals surface area contributed by atoms with E-state index in [1.165, 1.54) is 0 Å². The van der Waals surface area contributed by atoms with Crippen molar-refractivity contribution in [1.29, 1.82) is 0 Å². The topological polar surface area (TPSA) is 66.8 Å². The van der Waals surface area contributed by atoms with Gasteiger partial charge in [0.05, 0.1) is 6.61 Å². The summed E-state index contributed by atoms with van der Waals surface area (Å²) in [5.74, 6) is -0.740. The smallest absolute Gasteiger partial charge is 0.335 e. The lowest BCUT2D eigenvalue weighted by atomic mass is 9.95. The van der Waals surface area contributed by atoms with Crippen LogP contribution in [0, 0.1) is 5.92 Å². The minimum absolute atomic E-state index is 0.117. The molecule has 4 nitrogen and oxygen atoms in total. The standard InChI is InChI=1S/C7H12O4/c1-4-2-5(3-8)11-7(10)6(4)9/h4-6,8-9H,2-3H2,1H3. The number of hydrogen-bond acceptors (Lipinski definition) is 4. The minimum atomic E-state index is -1.02. The van der Waals surface area contributed by atoms with E-state index in [1.807, 2.05) is 0 Å². The van der Waals surface area contributed by atoms with E-state index in [9.17, 15) is 4.79 Å². The molecular weight excluding hydrogens is 148 g/mol. The molecule has 0 aromatic rings. The third-order valence-corrected chi connectivity index (χ3v) is 1.90. The highest BCUT2D eigenvalue weighted by atomic mass is 16.6. The average molecular weight is 160 g/mol. The third-order valence-electron chi connectivity index (χ3n) is 1.90. The summed E-state index contributed by atoms with van der Waals surface area (Å²) in [4.78, 5) is 10.8. The van der Waals surface area contributed by atoms with Crippen LogP contribution in [0.2, 0.25) is 0 Å². The Morgan fingerprint density at radius 1 is 1.73 bits per heavy atom. The van der Waals surface area contributed by atoms with Gasteiger partial charge in [-0.3, -0.25) is 0 Å². The van der Waals surface area contributed by atoms with E-state index in [1.54, 1.807) is 6.92 Å². The summed E-state index contributed by atoms with van der Waals surface area (Å²) in [6.45, 7) is 1.59. The molecule has 0 bridgehead atoms. The first-order valence-corrected chi connectivity index (χ1v) is 3.64. The summed E-state index contributed by atoms with van der Waals surface area (Å²) in [7, 11) is 0. The molecule has 11 heavy (non-hydrogen) atoms. The fraction of sp³-hybridized carbons (Fsp3) is 0.857. The van der Waals surface area contributed by atoms with Crippen molar-refractivity contribution < 1.29 is 19.7 Å². The van der Waals surface area contributed by atoms with Crippen LogP contribution in [0.4, 0.5) is 0 Å². The van der Waals surface area contributed by atoms with Gasteiger partial charge in [-0.2, -0.15) is 0 Å². The number of aliphatic hydroxyl groups is 2. The van der Waals surface area contributed by atoms with Crippen LogP contribution in [0.3, 0.4) is 0 Å². The van der Waals surface area contributed by atoms with Crippen LogP contribution in [-0.4, -0.2) is 35.0 Å². The van der Waals surface area contributed by atoms with Gasteiger partial charge in [-0.15, -0.1) is 0 Å². The van der Waals surface area contributed by atoms with Crippen LogP contribution in [-0.2, 0) is 9.53 Å². The number of cyclic esters (lactones) is 1. The van der Waals surface area contributed by atoms with E-state index in [2.05, 4.69) is 4.74 Å². The monoisotopic (exact) mass is 160 g/mol. The highest BCUT2D eigenvalue weighted by Gasteiger charge is 2.33. The molecule has 0 aliphatic carbocycles. The first kappa shape index (κ1) is 8.49. The zero-order valence-electron chi connectivity index (χ0n) is 6.36. The van der Waals surface area contributed by atoms with Gasteiger partial charge in [0.1, 0.15) is 6.10 Å². The van der Waals surface area contributed by atoms with Crippen molar-refractivity contribution in [3.63, 3.8) is 0 Å². The number of ether oxygens (including phenoxy) is 1. The van der Waals surface area contributed by atoms with E-state index in [4.69, 9.17) is 10.2 Å². The van der Waals surface area contributed by atoms with Gasteiger partial charge >= 0.3 is 5.97 Å². The Labute approximate surface area is 64.8 Å². The zero-order chi connectivity index (χ0) is 8.43. The van der Waals surface area contributed by atoms with Gasteiger partial charge in [0.25, 0.3) is 0 Å². The van der Waals surface area contributed by atoms with Gasteiger partial charge in [-0.05, 0) is 12.3 Å². The van der Waals surface area contributed by atoms with Crippen LogP contribution >= 0.6 is 0 Å². The number of rotatable bonds is 1. The Bertz CT molecular complexity index is 157. The SMILES string of the molecule is CC1CC(CO)OC(=O)C1O. The largest absolute Gasteiger partial charge is 0.458 e. The maximum atomic E-state index is 10.8. The van der Waals surface area contributed by atoms with Gasteiger partial charge in [0.2, 0.25) is 0 Å². The van der Waals surface area contributed by atoms with Crippen LogP contribution in [0.5, 0.6) is 0 Å². The molecule has 0 aromatic carbocycles. The lowest BCUT2D eigenvalue weighted by molar-refractivity contribution is -0.174. The van der Waals surface area contributed by atoms with E-state index >= 15 is 0 Å². The van der Waals surface area contributed by atoms with E-state index < -0.39 is 18.2 Å². The van der Waals surface area contributed by atoms with Crippen molar-refractivity contribution in [2.24, 2.45) is 5.92 Å². The van der Waals surface area contributed by atoms with E-state index in [0.29, 0.717) is 6.42 Å². The molecule has 1 rings (SSSR count). The fourth-order valence-electron chi connectivity index (χ4n) is 1.17. The molecule has 1 fully saturated rings. The summed E-state index contributed by atoms with van der Waals surface area (Å²) in [5.41, 5.74) is 0. The zero-order valence-corrected chi connectivity index (χ0v) is 6.36. The summed E-state index contributed by atoms with van der Waals surface area (Å²) < 4.78 is 4.68. The molecule has 3 atom stereocenters. The molecular formula is C7H12O4. The molecule has 1 saturated heterocycles. The first-order chi connectivity index (χ1) is 5.15. The van der Waals surface area contributed by atoms with Crippen molar-refractivity contribution in [2.45, 2.75) is 25.6 Å². The predicted octanol–water partition coefficient (Wildman–Crippen LogP) is -0.709. The number of carbonyl (C=O) groups is 1. The molecule has 1 aliphatic heterocycles. The normalized spacial score (nSPS) is 38.5. The second kappa shape index (κ2) is 3.19. The number of esters is 1. The Balaban J connectivity index is 2.54. The lowest BCUT2D eigenvalue weighted by Gasteiger charge is -2.28. The predicted molar refractivity (Wildman–Crippen MR) is 36.8 cm³/mol. The molecule has 0 saturated carbocycles. The van der Waals surface area contributed by atoms with Gasteiger partial charge in [0, 0.05) is 0 Å². The Morgan fingerprint density at radius 3 is 2.82 bits per heavy atom. The fourth-order valence-corrected chi connectivity index (χ4v) is 1.17. The van der Waals surface area contributed by atoms with E-state index in [-0.39, 0.29) is 12.5 Å². The molecule has 0 radical (unpaired) electrons. The Hall–Kier alpha value is -0.610. The van der Waals surface area contributed by atoms with Crippen LogP contribution < -0.4 is 0 Å². The van der Waals surface area contributed by atoms with Crippen LogP contribution in [0.25, 0.3) is 0 Å². The van der Waals surface area contributed by atoms with Gasteiger partial charge < -0.3 is 14.9 Å². The van der Waals surface area contributed by atoms with E-state index in [0.717, 1.165) is 0 Å². The van der Waals surface area contributed by atoms with Crippen molar-refractivity contribution >= 4 is 5.97 Å². The molecule has 1 aliphatic rings. The molecule has 0 amide bonds. The van der Waals surface area contributed by atoms with Gasteiger partial charge in [-0.1, -0.05) is 6.92 Å². The molecule has 0 spiro atoms. The molecule has 0 aromatic heterocycles. The second-order valence-corrected chi connectivity index (χ2v) is 2.90.